The van der Waals surface area contributed by atoms with E-state index in [4.69, 9.17) is 0 Å². The molecule has 0 atom stereocenters. The van der Waals surface area contributed by atoms with Gasteiger partial charge in [-0.3, -0.25) is 0 Å². The average molecular weight is 324 g/mol. The standard InChI is InChI=1S/C12H10BrN3O3/c1-19-12(18)10-11(14-6-9(13)16-10)15-7-2-4-8(17)5-3-7/h2-6,17H,1H3,(H,14,15). The Balaban J connectivity index is 2.34. The van der Waals surface area contributed by atoms with Crippen molar-refractivity contribution in [3.05, 3.63) is 40.8 Å². The number of nitrogens with zero attached hydrogens (tertiary/aromatic N) is 2. The van der Waals surface area contributed by atoms with Crippen molar-refractivity contribution >= 4 is 33.4 Å². The number of methoxy groups -OCH3 is 1. The topological polar surface area (TPSA) is 84.3 Å². The maximum atomic E-state index is 11.6. The number of rotatable bonds is 3. The van der Waals surface area contributed by atoms with Crippen LogP contribution in [0, 0.1) is 0 Å². The van der Waals surface area contributed by atoms with Gasteiger partial charge < -0.3 is 15.2 Å². The summed E-state index contributed by atoms with van der Waals surface area (Å²) in [5.41, 5.74) is 0.740. The molecule has 2 rings (SSSR count). The molecule has 1 heterocycles. The Hall–Kier alpha value is -2.15. The van der Waals surface area contributed by atoms with E-state index in [1.54, 1.807) is 12.1 Å². The zero-order chi connectivity index (χ0) is 13.8. The molecule has 0 aliphatic rings. The highest BCUT2D eigenvalue weighted by molar-refractivity contribution is 9.10. The van der Waals surface area contributed by atoms with Gasteiger partial charge in [0.2, 0.25) is 0 Å². The molecule has 0 spiro atoms. The van der Waals surface area contributed by atoms with Gasteiger partial charge >= 0.3 is 5.97 Å². The second-order valence-corrected chi connectivity index (χ2v) is 4.37. The SMILES string of the molecule is COC(=O)c1nc(Br)cnc1Nc1ccc(O)cc1. The summed E-state index contributed by atoms with van der Waals surface area (Å²) in [5.74, 6) is -0.156. The lowest BCUT2D eigenvalue weighted by atomic mass is 10.3. The van der Waals surface area contributed by atoms with Gasteiger partial charge in [0.05, 0.1) is 13.3 Å². The van der Waals surface area contributed by atoms with E-state index < -0.39 is 5.97 Å². The fraction of sp³-hybridized carbons (Fsp3) is 0.0833. The minimum atomic E-state index is -0.588. The smallest absolute Gasteiger partial charge is 0.360 e. The number of ether oxygens (including phenoxy) is 1. The number of carbonyl (C=O) groups is 1. The van der Waals surface area contributed by atoms with Gasteiger partial charge in [-0.2, -0.15) is 0 Å². The van der Waals surface area contributed by atoms with Gasteiger partial charge in [0.25, 0.3) is 0 Å². The molecule has 0 saturated heterocycles. The van der Waals surface area contributed by atoms with E-state index in [-0.39, 0.29) is 17.3 Å². The number of benzene rings is 1. The Kier molecular flexibility index (Phi) is 3.96. The lowest BCUT2D eigenvalue weighted by Gasteiger charge is -2.09. The molecule has 7 heteroatoms. The monoisotopic (exact) mass is 323 g/mol. The van der Waals surface area contributed by atoms with Gasteiger partial charge in [-0.15, -0.1) is 0 Å². The Morgan fingerprint density at radius 3 is 2.68 bits per heavy atom. The molecule has 0 bridgehead atoms. The van der Waals surface area contributed by atoms with Crippen LogP contribution < -0.4 is 5.32 Å². The van der Waals surface area contributed by atoms with E-state index in [0.29, 0.717) is 10.3 Å². The first-order valence-corrected chi connectivity index (χ1v) is 6.06. The predicted octanol–water partition coefficient (Wildman–Crippen LogP) is 2.47. The molecule has 0 saturated carbocycles. The van der Waals surface area contributed by atoms with Crippen LogP contribution in [-0.4, -0.2) is 28.2 Å². The van der Waals surface area contributed by atoms with Gasteiger partial charge in [0.1, 0.15) is 10.4 Å². The number of aromatic hydroxyl groups is 1. The van der Waals surface area contributed by atoms with Crippen LogP contribution in [0.2, 0.25) is 0 Å². The number of phenols is 1. The molecule has 0 aliphatic heterocycles. The van der Waals surface area contributed by atoms with E-state index in [1.807, 2.05) is 0 Å². The number of esters is 1. The van der Waals surface area contributed by atoms with Crippen molar-refractivity contribution in [2.24, 2.45) is 0 Å². The van der Waals surface area contributed by atoms with Gasteiger partial charge in [0.15, 0.2) is 11.5 Å². The van der Waals surface area contributed by atoms with Crippen LogP contribution in [0.4, 0.5) is 11.5 Å². The third-order valence-electron chi connectivity index (χ3n) is 2.25. The molecule has 0 unspecified atom stereocenters. The zero-order valence-corrected chi connectivity index (χ0v) is 11.5. The predicted molar refractivity (Wildman–Crippen MR) is 72.5 cm³/mol. The largest absolute Gasteiger partial charge is 0.508 e. The molecule has 0 amide bonds. The summed E-state index contributed by atoms with van der Waals surface area (Å²) >= 11 is 3.15. The Labute approximate surface area is 117 Å². The number of hydrogen-bond donors (Lipinski definition) is 2. The Bertz CT molecular complexity index is 602. The van der Waals surface area contributed by atoms with Crippen molar-refractivity contribution in [2.75, 3.05) is 12.4 Å². The zero-order valence-electron chi connectivity index (χ0n) is 9.92. The normalized spacial score (nSPS) is 10.0. The molecular weight excluding hydrogens is 314 g/mol. The molecule has 0 aliphatic carbocycles. The van der Waals surface area contributed by atoms with Crippen molar-refractivity contribution in [3.63, 3.8) is 0 Å². The van der Waals surface area contributed by atoms with E-state index in [1.165, 1.54) is 25.4 Å². The molecule has 98 valence electrons. The number of carbonyl (C=O) groups excluding carboxylic acids is 1. The maximum Gasteiger partial charge on any atom is 0.360 e. The van der Waals surface area contributed by atoms with Crippen molar-refractivity contribution in [1.29, 1.82) is 0 Å². The van der Waals surface area contributed by atoms with Gasteiger partial charge in [-0.1, -0.05) is 0 Å². The molecule has 0 radical (unpaired) electrons. The van der Waals surface area contributed by atoms with Crippen molar-refractivity contribution in [2.45, 2.75) is 0 Å². The summed E-state index contributed by atoms with van der Waals surface area (Å²) < 4.78 is 5.08. The van der Waals surface area contributed by atoms with Crippen LogP contribution in [0.5, 0.6) is 5.75 Å². The summed E-state index contributed by atoms with van der Waals surface area (Å²) in [4.78, 5) is 19.7. The first-order chi connectivity index (χ1) is 9.10. The van der Waals surface area contributed by atoms with Crippen LogP contribution in [0.1, 0.15) is 10.5 Å². The average Bonchev–Trinajstić information content (AvgIpc) is 2.42. The second-order valence-electron chi connectivity index (χ2n) is 3.55. The summed E-state index contributed by atoms with van der Waals surface area (Å²) in [7, 11) is 1.27. The van der Waals surface area contributed by atoms with Crippen molar-refractivity contribution < 1.29 is 14.6 Å². The number of aromatic nitrogens is 2. The second kappa shape index (κ2) is 5.66. The molecule has 2 aromatic rings. The van der Waals surface area contributed by atoms with Crippen LogP contribution in [-0.2, 0) is 4.74 Å². The summed E-state index contributed by atoms with van der Waals surface area (Å²) in [6, 6.07) is 6.35. The minimum absolute atomic E-state index is 0.0740. The van der Waals surface area contributed by atoms with Crippen LogP contribution in [0.25, 0.3) is 0 Å². The minimum Gasteiger partial charge on any atom is -0.508 e. The van der Waals surface area contributed by atoms with E-state index in [2.05, 4.69) is 36.0 Å². The van der Waals surface area contributed by atoms with Crippen molar-refractivity contribution in [3.8, 4) is 5.75 Å². The third-order valence-corrected chi connectivity index (χ3v) is 2.63. The quantitative estimate of drug-likeness (QED) is 0.666. The van der Waals surface area contributed by atoms with Crippen molar-refractivity contribution in [1.82, 2.24) is 9.97 Å². The molecular formula is C12H10BrN3O3. The first kappa shape index (κ1) is 13.3. The Morgan fingerprint density at radius 2 is 2.05 bits per heavy atom. The lowest BCUT2D eigenvalue weighted by Crippen LogP contribution is -2.10. The highest BCUT2D eigenvalue weighted by Crippen LogP contribution is 2.21. The summed E-state index contributed by atoms with van der Waals surface area (Å²) in [6.45, 7) is 0. The lowest BCUT2D eigenvalue weighted by molar-refractivity contribution is 0.0594. The van der Waals surface area contributed by atoms with E-state index in [0.717, 1.165) is 0 Å². The van der Waals surface area contributed by atoms with Crippen LogP contribution in [0.3, 0.4) is 0 Å². The summed E-state index contributed by atoms with van der Waals surface area (Å²) in [6.07, 6.45) is 1.47. The van der Waals surface area contributed by atoms with E-state index >= 15 is 0 Å². The number of halogens is 1. The Morgan fingerprint density at radius 1 is 1.37 bits per heavy atom. The molecule has 1 aromatic carbocycles. The highest BCUT2D eigenvalue weighted by atomic mass is 79.9. The molecule has 6 nitrogen and oxygen atoms in total. The third kappa shape index (κ3) is 3.19. The number of phenolic OH excluding ortho intramolecular Hbond substituents is 1. The maximum absolute atomic E-state index is 11.6. The molecule has 2 N–H and O–H groups in total. The van der Waals surface area contributed by atoms with Crippen LogP contribution >= 0.6 is 15.9 Å². The highest BCUT2D eigenvalue weighted by Gasteiger charge is 2.16. The van der Waals surface area contributed by atoms with Crippen LogP contribution in [0.15, 0.2) is 35.1 Å². The van der Waals surface area contributed by atoms with E-state index in [9.17, 15) is 9.90 Å². The van der Waals surface area contributed by atoms with Gasteiger partial charge in [-0.25, -0.2) is 14.8 Å². The molecule has 1 aromatic heterocycles. The molecule has 19 heavy (non-hydrogen) atoms. The van der Waals surface area contributed by atoms with Gasteiger partial charge in [0, 0.05) is 5.69 Å². The first-order valence-electron chi connectivity index (χ1n) is 5.27. The van der Waals surface area contributed by atoms with Gasteiger partial charge in [-0.05, 0) is 40.2 Å². The fourth-order valence-electron chi connectivity index (χ4n) is 1.38. The number of anilines is 2. The molecule has 0 fully saturated rings. The summed E-state index contributed by atoms with van der Waals surface area (Å²) in [5, 5.41) is 12.1. The number of hydrogen-bond acceptors (Lipinski definition) is 6. The fourth-order valence-corrected chi connectivity index (χ4v) is 1.66. The number of nitrogens with one attached hydrogen (secondary N) is 1.